The lowest BCUT2D eigenvalue weighted by atomic mass is 9.81. The van der Waals surface area contributed by atoms with Crippen LogP contribution in [-0.2, 0) is 5.41 Å². The van der Waals surface area contributed by atoms with E-state index in [9.17, 15) is 0 Å². The summed E-state index contributed by atoms with van der Waals surface area (Å²) in [4.78, 5) is 15.5. The summed E-state index contributed by atoms with van der Waals surface area (Å²) in [7, 11) is 0. The number of nitrogens with zero attached hydrogens (tertiary/aromatic N) is 5. The third-order valence-corrected chi connectivity index (χ3v) is 11.2. The monoisotopic (exact) mass is 679 g/mol. The van der Waals surface area contributed by atoms with Crippen LogP contribution < -0.4 is 0 Å². The summed E-state index contributed by atoms with van der Waals surface area (Å²) in [5.41, 5.74) is 14.3. The van der Waals surface area contributed by atoms with Gasteiger partial charge in [-0.3, -0.25) is 9.55 Å². The number of benzene rings is 6. The van der Waals surface area contributed by atoms with Gasteiger partial charge in [0.05, 0.1) is 39.1 Å². The normalized spacial score (nSPS) is 13.2. The molecule has 0 spiro atoms. The Hall–Kier alpha value is -6.85. The standard InChI is InChI=1S/C48H33N5/c1-48(2)38-21-11-9-19-34(38)44-42(48)36-26-25-33-37-29-31(39-22-13-14-28-49-39)24-27-41(37)53(45(33)46(36)52(44)32-17-7-4-8-18-32)47-50-40-23-12-10-20-35(40)43(51-47)30-15-5-3-6-16-30/h3-29H,1-2H3. The topological polar surface area (TPSA) is 48.5 Å². The maximum Gasteiger partial charge on any atom is 0.235 e. The second-order valence-corrected chi connectivity index (χ2v) is 14.5. The first-order valence-corrected chi connectivity index (χ1v) is 18.1. The molecule has 4 aromatic heterocycles. The van der Waals surface area contributed by atoms with Crippen molar-refractivity contribution in [3.8, 4) is 45.4 Å². The first kappa shape index (κ1) is 29.8. The largest absolute Gasteiger partial charge is 0.307 e. The van der Waals surface area contributed by atoms with Gasteiger partial charge < -0.3 is 4.57 Å². The first-order chi connectivity index (χ1) is 26.1. The number of hydrogen-bond donors (Lipinski definition) is 0. The molecule has 4 heterocycles. The van der Waals surface area contributed by atoms with Gasteiger partial charge in [0, 0.05) is 55.5 Å². The highest BCUT2D eigenvalue weighted by Gasteiger charge is 2.41. The van der Waals surface area contributed by atoms with E-state index in [0.29, 0.717) is 5.95 Å². The Labute approximate surface area is 306 Å². The third-order valence-electron chi connectivity index (χ3n) is 11.2. The quantitative estimate of drug-likeness (QED) is 0.186. The average Bonchev–Trinajstić information content (AvgIpc) is 3.82. The van der Waals surface area contributed by atoms with Crippen LogP contribution in [0.3, 0.4) is 0 Å². The lowest BCUT2D eigenvalue weighted by Gasteiger charge is -2.21. The van der Waals surface area contributed by atoms with E-state index in [2.05, 4.69) is 163 Å². The van der Waals surface area contributed by atoms with E-state index in [0.717, 1.165) is 66.4 Å². The van der Waals surface area contributed by atoms with Crippen molar-refractivity contribution in [1.82, 2.24) is 24.1 Å². The van der Waals surface area contributed by atoms with Crippen molar-refractivity contribution in [2.24, 2.45) is 0 Å². The molecule has 0 aliphatic heterocycles. The number of rotatable bonds is 4. The molecule has 6 aromatic carbocycles. The van der Waals surface area contributed by atoms with Crippen LogP contribution in [0.5, 0.6) is 0 Å². The number of hydrogen-bond acceptors (Lipinski definition) is 3. The summed E-state index contributed by atoms with van der Waals surface area (Å²) < 4.78 is 4.80. The Balaban J connectivity index is 1.35. The fourth-order valence-electron chi connectivity index (χ4n) is 8.84. The zero-order chi connectivity index (χ0) is 35.3. The van der Waals surface area contributed by atoms with Crippen LogP contribution in [-0.4, -0.2) is 24.1 Å². The predicted octanol–water partition coefficient (Wildman–Crippen LogP) is 11.7. The lowest BCUT2D eigenvalue weighted by Crippen LogP contribution is -2.14. The summed E-state index contributed by atoms with van der Waals surface area (Å²) in [6.45, 7) is 4.73. The first-order valence-electron chi connectivity index (χ1n) is 18.1. The molecule has 0 bridgehead atoms. The predicted molar refractivity (Wildman–Crippen MR) is 217 cm³/mol. The fraction of sp³-hybridized carbons (Fsp3) is 0.0625. The molecule has 10 aromatic rings. The van der Waals surface area contributed by atoms with Gasteiger partial charge in [0.2, 0.25) is 5.95 Å². The molecule has 0 unspecified atom stereocenters. The van der Waals surface area contributed by atoms with E-state index in [-0.39, 0.29) is 5.41 Å². The Morgan fingerprint density at radius 2 is 1.25 bits per heavy atom. The zero-order valence-electron chi connectivity index (χ0n) is 29.3. The van der Waals surface area contributed by atoms with Gasteiger partial charge in [-0.05, 0) is 53.6 Å². The van der Waals surface area contributed by atoms with Crippen LogP contribution in [0.2, 0.25) is 0 Å². The molecule has 250 valence electrons. The van der Waals surface area contributed by atoms with Gasteiger partial charge in [0.15, 0.2) is 0 Å². The van der Waals surface area contributed by atoms with Gasteiger partial charge >= 0.3 is 0 Å². The number of para-hydroxylation sites is 2. The second-order valence-electron chi connectivity index (χ2n) is 14.5. The van der Waals surface area contributed by atoms with Crippen LogP contribution in [0.1, 0.15) is 25.0 Å². The highest BCUT2D eigenvalue weighted by molar-refractivity contribution is 6.21. The van der Waals surface area contributed by atoms with E-state index < -0.39 is 0 Å². The van der Waals surface area contributed by atoms with Crippen molar-refractivity contribution in [2.75, 3.05) is 0 Å². The third kappa shape index (κ3) is 4.22. The minimum Gasteiger partial charge on any atom is -0.307 e. The van der Waals surface area contributed by atoms with Crippen molar-refractivity contribution in [3.63, 3.8) is 0 Å². The van der Waals surface area contributed by atoms with Crippen molar-refractivity contribution < 1.29 is 0 Å². The van der Waals surface area contributed by atoms with Crippen LogP contribution in [0.15, 0.2) is 164 Å². The molecular weight excluding hydrogens is 647 g/mol. The highest BCUT2D eigenvalue weighted by atomic mass is 15.2. The zero-order valence-corrected chi connectivity index (χ0v) is 29.3. The van der Waals surface area contributed by atoms with Gasteiger partial charge in [-0.15, -0.1) is 0 Å². The maximum absolute atomic E-state index is 5.46. The second kappa shape index (κ2) is 11.1. The highest BCUT2D eigenvalue weighted by Crippen LogP contribution is 2.55. The molecular formula is C48H33N5. The van der Waals surface area contributed by atoms with Gasteiger partial charge in [-0.25, -0.2) is 9.97 Å². The SMILES string of the molecule is CC1(C)c2ccccc2-c2c1c1ccc3c4cc(-c5ccccn5)ccc4n(-c4nc(-c5ccccc5)c5ccccc5n4)c3c1n2-c1ccccc1. The van der Waals surface area contributed by atoms with Crippen LogP contribution in [0.25, 0.3) is 89.0 Å². The van der Waals surface area contributed by atoms with Crippen molar-refractivity contribution in [3.05, 3.63) is 175 Å². The van der Waals surface area contributed by atoms with Crippen molar-refractivity contribution in [1.29, 1.82) is 0 Å². The van der Waals surface area contributed by atoms with Gasteiger partial charge in [-0.2, -0.15) is 0 Å². The smallest absolute Gasteiger partial charge is 0.235 e. The van der Waals surface area contributed by atoms with E-state index in [1.165, 1.54) is 27.8 Å². The van der Waals surface area contributed by atoms with Crippen molar-refractivity contribution in [2.45, 2.75) is 19.3 Å². The molecule has 0 radical (unpaired) electrons. The van der Waals surface area contributed by atoms with Gasteiger partial charge in [0.25, 0.3) is 0 Å². The molecule has 5 nitrogen and oxygen atoms in total. The Bertz CT molecular complexity index is 3060. The summed E-state index contributed by atoms with van der Waals surface area (Å²) in [5, 5.41) is 4.53. The van der Waals surface area contributed by atoms with Crippen LogP contribution in [0, 0.1) is 0 Å². The summed E-state index contributed by atoms with van der Waals surface area (Å²) in [6.07, 6.45) is 1.86. The Morgan fingerprint density at radius 3 is 2.08 bits per heavy atom. The Morgan fingerprint density at radius 1 is 0.528 bits per heavy atom. The molecule has 53 heavy (non-hydrogen) atoms. The Kier molecular flexibility index (Phi) is 6.23. The van der Waals surface area contributed by atoms with Crippen LogP contribution >= 0.6 is 0 Å². The number of aromatic nitrogens is 5. The minimum atomic E-state index is -0.208. The van der Waals surface area contributed by atoms with E-state index in [1.54, 1.807) is 0 Å². The molecule has 0 N–H and O–H groups in total. The summed E-state index contributed by atoms with van der Waals surface area (Å²) >= 11 is 0. The van der Waals surface area contributed by atoms with Gasteiger partial charge in [0.1, 0.15) is 0 Å². The number of fused-ring (bicyclic) bond motifs is 10. The fourth-order valence-corrected chi connectivity index (χ4v) is 8.84. The molecule has 0 atom stereocenters. The summed E-state index contributed by atoms with van der Waals surface area (Å²) in [6, 6.07) is 55.9. The van der Waals surface area contributed by atoms with Crippen LogP contribution in [0.4, 0.5) is 0 Å². The van der Waals surface area contributed by atoms with Gasteiger partial charge in [-0.1, -0.05) is 129 Å². The molecule has 1 aliphatic rings. The summed E-state index contributed by atoms with van der Waals surface area (Å²) in [5.74, 6) is 0.640. The molecule has 0 saturated carbocycles. The van der Waals surface area contributed by atoms with E-state index in [1.807, 2.05) is 24.4 Å². The average molecular weight is 680 g/mol. The van der Waals surface area contributed by atoms with Crippen molar-refractivity contribution >= 4 is 43.6 Å². The molecule has 0 fully saturated rings. The molecule has 0 saturated heterocycles. The lowest BCUT2D eigenvalue weighted by molar-refractivity contribution is 0.666. The maximum atomic E-state index is 5.46. The molecule has 0 amide bonds. The van der Waals surface area contributed by atoms with E-state index >= 15 is 0 Å². The minimum absolute atomic E-state index is 0.208. The molecule has 5 heteroatoms. The number of pyridine rings is 1. The van der Waals surface area contributed by atoms with E-state index in [4.69, 9.17) is 15.0 Å². The molecule has 1 aliphatic carbocycles. The molecule has 11 rings (SSSR count).